The molecular formula is C14H22N2O3. The van der Waals surface area contributed by atoms with E-state index in [2.05, 4.69) is 12.2 Å². The van der Waals surface area contributed by atoms with Crippen molar-refractivity contribution in [2.45, 2.75) is 26.3 Å². The molecule has 5 nitrogen and oxygen atoms in total. The third-order valence-corrected chi connectivity index (χ3v) is 2.61. The number of aryl methyl sites for hydroxylation is 1. The minimum atomic E-state index is -0.666. The molecule has 1 aromatic carbocycles. The minimum absolute atomic E-state index is 0.197. The van der Waals surface area contributed by atoms with Gasteiger partial charge in [0, 0.05) is 12.8 Å². The van der Waals surface area contributed by atoms with Crippen LogP contribution in [0, 0.1) is 6.92 Å². The molecule has 0 heterocycles. The minimum Gasteiger partial charge on any atom is -0.494 e. The monoisotopic (exact) mass is 266 g/mol. The molecule has 1 aromatic rings. The van der Waals surface area contributed by atoms with Gasteiger partial charge in [-0.2, -0.15) is 0 Å². The lowest BCUT2D eigenvalue weighted by molar-refractivity contribution is -0.118. The van der Waals surface area contributed by atoms with Crippen LogP contribution in [0.2, 0.25) is 0 Å². The highest BCUT2D eigenvalue weighted by Gasteiger charge is 2.14. The molecule has 0 aromatic heterocycles. The third-order valence-electron chi connectivity index (χ3n) is 2.61. The van der Waals surface area contributed by atoms with Crippen molar-refractivity contribution < 1.29 is 14.3 Å². The van der Waals surface area contributed by atoms with Crippen molar-refractivity contribution in [1.82, 2.24) is 0 Å². The van der Waals surface area contributed by atoms with E-state index in [9.17, 15) is 4.79 Å². The fourth-order valence-corrected chi connectivity index (χ4v) is 1.57. The number of hydrogen-bond donors (Lipinski definition) is 2. The number of benzene rings is 1. The molecular weight excluding hydrogens is 244 g/mol. The van der Waals surface area contributed by atoms with Crippen LogP contribution in [0.1, 0.15) is 18.9 Å². The van der Waals surface area contributed by atoms with Crippen molar-refractivity contribution in [2.24, 2.45) is 5.73 Å². The first kappa shape index (κ1) is 15.5. The Morgan fingerprint density at radius 2 is 2.21 bits per heavy atom. The summed E-state index contributed by atoms with van der Waals surface area (Å²) in [4.78, 5) is 11.8. The summed E-state index contributed by atoms with van der Waals surface area (Å²) in [5, 5.41) is 2.78. The maximum atomic E-state index is 11.8. The number of hydrogen-bond acceptors (Lipinski definition) is 4. The van der Waals surface area contributed by atoms with E-state index >= 15 is 0 Å². The lowest BCUT2D eigenvalue weighted by Gasteiger charge is -2.14. The van der Waals surface area contributed by atoms with Gasteiger partial charge in [0.15, 0.2) is 0 Å². The molecule has 0 spiro atoms. The predicted octanol–water partition coefficient (Wildman–Crippen LogP) is 1.70. The topological polar surface area (TPSA) is 73.6 Å². The van der Waals surface area contributed by atoms with E-state index in [0.717, 1.165) is 23.4 Å². The molecule has 1 amide bonds. The average molecular weight is 266 g/mol. The standard InChI is InChI=1S/C14H22N2O3/c1-4-7-19-11-5-6-13(10(2)8-11)16-14(17)12(15)9-18-3/h5-6,8,12H,4,7,9,15H2,1-3H3,(H,16,17). The Balaban J connectivity index is 2.66. The number of amides is 1. The Hall–Kier alpha value is -1.59. The van der Waals surface area contributed by atoms with Gasteiger partial charge in [-0.15, -0.1) is 0 Å². The number of methoxy groups -OCH3 is 1. The zero-order valence-electron chi connectivity index (χ0n) is 11.7. The SMILES string of the molecule is CCCOc1ccc(NC(=O)C(N)COC)c(C)c1. The van der Waals surface area contributed by atoms with Gasteiger partial charge in [0.05, 0.1) is 13.2 Å². The van der Waals surface area contributed by atoms with Crippen molar-refractivity contribution in [3.05, 3.63) is 23.8 Å². The van der Waals surface area contributed by atoms with Crippen molar-refractivity contribution >= 4 is 11.6 Å². The molecule has 19 heavy (non-hydrogen) atoms. The molecule has 0 bridgehead atoms. The van der Waals surface area contributed by atoms with Gasteiger partial charge < -0.3 is 20.5 Å². The molecule has 0 saturated heterocycles. The zero-order chi connectivity index (χ0) is 14.3. The Bertz CT molecular complexity index is 421. The maximum Gasteiger partial charge on any atom is 0.243 e. The highest BCUT2D eigenvalue weighted by atomic mass is 16.5. The van der Waals surface area contributed by atoms with Gasteiger partial charge in [-0.1, -0.05) is 6.92 Å². The fourth-order valence-electron chi connectivity index (χ4n) is 1.57. The largest absolute Gasteiger partial charge is 0.494 e. The zero-order valence-corrected chi connectivity index (χ0v) is 11.7. The molecule has 5 heteroatoms. The van der Waals surface area contributed by atoms with E-state index in [0.29, 0.717) is 6.61 Å². The highest BCUT2D eigenvalue weighted by Crippen LogP contribution is 2.21. The highest BCUT2D eigenvalue weighted by molar-refractivity contribution is 5.95. The molecule has 0 fully saturated rings. The summed E-state index contributed by atoms with van der Waals surface area (Å²) in [6.45, 7) is 4.85. The summed E-state index contributed by atoms with van der Waals surface area (Å²) < 4.78 is 10.4. The summed E-state index contributed by atoms with van der Waals surface area (Å²) in [5.74, 6) is 0.547. The van der Waals surface area contributed by atoms with Gasteiger partial charge in [0.2, 0.25) is 5.91 Å². The first-order valence-corrected chi connectivity index (χ1v) is 6.37. The first-order chi connectivity index (χ1) is 9.08. The van der Waals surface area contributed by atoms with Crippen LogP contribution in [-0.4, -0.2) is 32.3 Å². The second kappa shape index (κ2) is 7.76. The van der Waals surface area contributed by atoms with Crippen LogP contribution in [0.5, 0.6) is 5.75 Å². The van der Waals surface area contributed by atoms with Gasteiger partial charge in [0.1, 0.15) is 11.8 Å². The molecule has 0 radical (unpaired) electrons. The Morgan fingerprint density at radius 3 is 2.79 bits per heavy atom. The van der Waals surface area contributed by atoms with Crippen LogP contribution in [0.25, 0.3) is 0 Å². The molecule has 106 valence electrons. The van der Waals surface area contributed by atoms with Crippen LogP contribution in [0.15, 0.2) is 18.2 Å². The quantitative estimate of drug-likeness (QED) is 0.787. The van der Waals surface area contributed by atoms with Gasteiger partial charge >= 0.3 is 0 Å². The summed E-state index contributed by atoms with van der Waals surface area (Å²) >= 11 is 0. The number of ether oxygens (including phenoxy) is 2. The third kappa shape index (κ3) is 4.89. The molecule has 0 saturated carbocycles. The Labute approximate surface area is 114 Å². The van der Waals surface area contributed by atoms with Crippen molar-refractivity contribution in [3.63, 3.8) is 0 Å². The van der Waals surface area contributed by atoms with Gasteiger partial charge in [-0.3, -0.25) is 4.79 Å². The molecule has 0 aliphatic rings. The Kier molecular flexibility index (Phi) is 6.32. The number of anilines is 1. The van der Waals surface area contributed by atoms with E-state index in [4.69, 9.17) is 15.2 Å². The van der Waals surface area contributed by atoms with Crippen LogP contribution >= 0.6 is 0 Å². The van der Waals surface area contributed by atoms with E-state index in [-0.39, 0.29) is 12.5 Å². The second-order valence-electron chi connectivity index (χ2n) is 4.38. The van der Waals surface area contributed by atoms with Crippen LogP contribution in [0.4, 0.5) is 5.69 Å². The number of nitrogens with one attached hydrogen (secondary N) is 1. The van der Waals surface area contributed by atoms with Crippen LogP contribution < -0.4 is 15.8 Å². The smallest absolute Gasteiger partial charge is 0.243 e. The van der Waals surface area contributed by atoms with E-state index in [1.54, 1.807) is 0 Å². The molecule has 1 unspecified atom stereocenters. The maximum absolute atomic E-state index is 11.8. The lowest BCUT2D eigenvalue weighted by atomic mass is 10.2. The number of nitrogens with two attached hydrogens (primary N) is 1. The number of carbonyl (C=O) groups is 1. The number of carbonyl (C=O) groups excluding carboxylic acids is 1. The van der Waals surface area contributed by atoms with Gasteiger partial charge in [-0.05, 0) is 37.1 Å². The number of rotatable bonds is 7. The van der Waals surface area contributed by atoms with Crippen LogP contribution in [-0.2, 0) is 9.53 Å². The van der Waals surface area contributed by atoms with Gasteiger partial charge in [-0.25, -0.2) is 0 Å². The van der Waals surface area contributed by atoms with E-state index in [1.807, 2.05) is 25.1 Å². The van der Waals surface area contributed by atoms with Gasteiger partial charge in [0.25, 0.3) is 0 Å². The van der Waals surface area contributed by atoms with E-state index < -0.39 is 6.04 Å². The van der Waals surface area contributed by atoms with E-state index in [1.165, 1.54) is 7.11 Å². The van der Waals surface area contributed by atoms with Crippen molar-refractivity contribution in [3.8, 4) is 5.75 Å². The molecule has 0 aliphatic carbocycles. The summed E-state index contributed by atoms with van der Waals surface area (Å²) in [6, 6.07) is 4.88. The normalized spacial score (nSPS) is 12.0. The summed E-state index contributed by atoms with van der Waals surface area (Å²) in [5.41, 5.74) is 7.33. The Morgan fingerprint density at radius 1 is 1.47 bits per heavy atom. The lowest BCUT2D eigenvalue weighted by Crippen LogP contribution is -2.39. The summed E-state index contributed by atoms with van der Waals surface area (Å²) in [7, 11) is 1.51. The average Bonchev–Trinajstić information content (AvgIpc) is 2.39. The van der Waals surface area contributed by atoms with Crippen LogP contribution in [0.3, 0.4) is 0 Å². The molecule has 3 N–H and O–H groups in total. The molecule has 1 atom stereocenters. The second-order valence-corrected chi connectivity index (χ2v) is 4.38. The van der Waals surface area contributed by atoms with Crippen molar-refractivity contribution in [2.75, 3.05) is 25.6 Å². The summed E-state index contributed by atoms with van der Waals surface area (Å²) in [6.07, 6.45) is 0.962. The fraction of sp³-hybridized carbons (Fsp3) is 0.500. The van der Waals surface area contributed by atoms with Crippen molar-refractivity contribution in [1.29, 1.82) is 0 Å². The molecule has 0 aliphatic heterocycles. The molecule has 1 rings (SSSR count). The predicted molar refractivity (Wildman–Crippen MR) is 75.4 cm³/mol. The first-order valence-electron chi connectivity index (χ1n) is 6.37.